The van der Waals surface area contributed by atoms with Gasteiger partial charge in [-0.3, -0.25) is 24.2 Å². The molecule has 17 heteroatoms. The van der Waals surface area contributed by atoms with Crippen molar-refractivity contribution in [2.75, 3.05) is 65.6 Å². The van der Waals surface area contributed by atoms with E-state index in [1.165, 1.54) is 54.2 Å². The number of hydrogen-bond donors (Lipinski definition) is 0. The van der Waals surface area contributed by atoms with E-state index in [0.717, 1.165) is 57.8 Å². The van der Waals surface area contributed by atoms with Crippen molar-refractivity contribution in [1.82, 2.24) is 24.6 Å². The first-order chi connectivity index (χ1) is 48.8. The summed E-state index contributed by atoms with van der Waals surface area (Å²) >= 11 is 0. The summed E-state index contributed by atoms with van der Waals surface area (Å²) in [6, 6.07) is 4.07. The summed E-state index contributed by atoms with van der Waals surface area (Å²) in [6.07, 6.45) is 23.0. The minimum atomic E-state index is -0.354. The van der Waals surface area contributed by atoms with Crippen molar-refractivity contribution in [2.24, 2.45) is 43.3 Å². The number of likely N-dealkylation sites (N-methyl/N-ethyl adjacent to an activating group) is 2. The van der Waals surface area contributed by atoms with E-state index in [4.69, 9.17) is 18.9 Å². The quantitative estimate of drug-likeness (QED) is 0.0388. The Morgan fingerprint density at radius 3 is 1.04 bits per heavy atom. The third-order valence-electron chi connectivity index (χ3n) is 14.1. The average molecular weight is 1520 g/mol. The second-order valence-electron chi connectivity index (χ2n) is 35.9. The van der Waals surface area contributed by atoms with Gasteiger partial charge in [-0.15, -0.1) is 13.2 Å². The molecule has 0 aliphatic carbocycles. The molecule has 620 valence electrons. The molecule has 4 amide bonds. The smallest absolute Gasteiger partial charge is 0.330 e. The zero-order valence-corrected chi connectivity index (χ0v) is 74.9. The van der Waals surface area contributed by atoms with Crippen LogP contribution in [0.1, 0.15) is 253 Å². The molecule has 17 nitrogen and oxygen atoms in total. The number of nitrogens with zero attached hydrogens (tertiary/aromatic N) is 5. The number of allylic oxidation sites excluding steroid dienone is 2. The molecule has 1 heterocycles. The predicted molar refractivity (Wildman–Crippen MR) is 460 cm³/mol. The van der Waals surface area contributed by atoms with Crippen molar-refractivity contribution in [1.29, 1.82) is 0 Å². The number of amides is 4. The Morgan fingerprint density at radius 2 is 0.741 bits per heavy atom. The van der Waals surface area contributed by atoms with Gasteiger partial charge in [0, 0.05) is 82.9 Å². The summed E-state index contributed by atoms with van der Waals surface area (Å²) in [5.74, 6) is -1.23. The van der Waals surface area contributed by atoms with Gasteiger partial charge < -0.3 is 38.5 Å². The summed E-state index contributed by atoms with van der Waals surface area (Å²) in [4.78, 5) is 99.6. The number of aromatic nitrogens is 1. The van der Waals surface area contributed by atoms with E-state index in [0.29, 0.717) is 26.3 Å². The first kappa shape index (κ1) is 116. The van der Waals surface area contributed by atoms with Crippen molar-refractivity contribution in [3.8, 4) is 0 Å². The SMILES string of the molecule is C/C=C/C(=O)OC(C)C(C)(C)C.C/C=C/C(=O)OCC(C)(C)C.C=CC(=O)N(CC)CC(C)(C)C.C=CC(=O)N(CC)CCC(C)(C)C.C=CC(=O)OC(C)C(C)(C)C.C=CC(=O)OCC(C)(C)C.C=CCN(CC(C)(C)C)C(=O)C=C.C=CCN(CCC(C)(C)C)C(=O)C=C.C=Cc1ncccc1C(C)(C)C. The molecule has 0 radical (unpaired) electrons. The fraction of sp³-hybridized carbons (Fsp3) is 0.615. The molecular formula is C91H159N5O12. The molecule has 0 aliphatic rings. The molecule has 0 fully saturated rings. The fourth-order valence-corrected chi connectivity index (χ4v) is 7.17. The van der Waals surface area contributed by atoms with Crippen molar-refractivity contribution in [2.45, 2.75) is 259 Å². The van der Waals surface area contributed by atoms with Gasteiger partial charge in [0.15, 0.2) is 0 Å². The lowest BCUT2D eigenvalue weighted by molar-refractivity contribution is -0.147. The van der Waals surface area contributed by atoms with Gasteiger partial charge in [-0.2, -0.15) is 0 Å². The second kappa shape index (κ2) is 59.0. The third kappa shape index (κ3) is 77.7. The highest BCUT2D eigenvalue weighted by atomic mass is 16.6. The van der Waals surface area contributed by atoms with Gasteiger partial charge in [-0.25, -0.2) is 19.2 Å². The van der Waals surface area contributed by atoms with Crippen LogP contribution in [0.15, 0.2) is 150 Å². The largest absolute Gasteiger partial charge is 0.462 e. The van der Waals surface area contributed by atoms with Gasteiger partial charge in [-0.1, -0.05) is 263 Å². The van der Waals surface area contributed by atoms with Crippen LogP contribution in [0.4, 0.5) is 0 Å². The van der Waals surface area contributed by atoms with Crippen LogP contribution in [-0.2, 0) is 62.7 Å². The maximum atomic E-state index is 11.4. The molecule has 2 atom stereocenters. The highest BCUT2D eigenvalue weighted by Gasteiger charge is 2.25. The third-order valence-corrected chi connectivity index (χ3v) is 14.1. The van der Waals surface area contributed by atoms with Crippen molar-refractivity contribution in [3.63, 3.8) is 0 Å². The number of esters is 4. The van der Waals surface area contributed by atoms with Gasteiger partial charge >= 0.3 is 23.9 Å². The molecule has 1 aromatic heterocycles. The van der Waals surface area contributed by atoms with E-state index in [1.807, 2.05) is 122 Å². The Balaban J connectivity index is -0.000000174. The van der Waals surface area contributed by atoms with Crippen molar-refractivity contribution in [3.05, 3.63) is 162 Å². The molecule has 108 heavy (non-hydrogen) atoms. The Bertz CT molecular complexity index is 2890. The van der Waals surface area contributed by atoms with Crippen LogP contribution in [-0.4, -0.2) is 150 Å². The minimum Gasteiger partial charge on any atom is -0.462 e. The van der Waals surface area contributed by atoms with Crippen LogP contribution in [0, 0.1) is 43.3 Å². The van der Waals surface area contributed by atoms with E-state index in [9.17, 15) is 38.4 Å². The fourth-order valence-electron chi connectivity index (χ4n) is 7.17. The van der Waals surface area contributed by atoms with E-state index >= 15 is 0 Å². The van der Waals surface area contributed by atoms with Crippen LogP contribution in [0.3, 0.4) is 0 Å². The number of carbonyl (C=O) groups is 8. The summed E-state index contributed by atoms with van der Waals surface area (Å²) in [5, 5.41) is 0. The zero-order chi connectivity index (χ0) is 87.1. The molecule has 0 aliphatic heterocycles. The van der Waals surface area contributed by atoms with Gasteiger partial charge in [0.2, 0.25) is 23.6 Å². The van der Waals surface area contributed by atoms with Gasteiger partial charge in [-0.05, 0) is 145 Å². The normalized spacial score (nSPS) is 11.8. The molecule has 0 spiro atoms. The Hall–Kier alpha value is -7.95. The molecule has 0 bridgehead atoms. The summed E-state index contributed by atoms with van der Waals surface area (Å²) in [7, 11) is 0. The molecule has 2 unspecified atom stereocenters. The van der Waals surface area contributed by atoms with Crippen molar-refractivity contribution >= 4 is 53.6 Å². The molecule has 0 saturated heterocycles. The van der Waals surface area contributed by atoms with Gasteiger partial charge in [0.1, 0.15) is 12.2 Å². The van der Waals surface area contributed by atoms with E-state index < -0.39 is 0 Å². The van der Waals surface area contributed by atoms with E-state index in [1.54, 1.807) is 65.1 Å². The number of ether oxygens (including phenoxy) is 4. The van der Waals surface area contributed by atoms with E-state index in [-0.39, 0.29) is 108 Å². The molecule has 0 saturated carbocycles. The lowest BCUT2D eigenvalue weighted by Crippen LogP contribution is -2.36. The summed E-state index contributed by atoms with van der Waals surface area (Å²) in [6.45, 7) is 106. The molecule has 1 aromatic rings. The number of pyridine rings is 1. The Kier molecular flexibility index (Phi) is 63.3. The molecular weight excluding hydrogens is 1360 g/mol. The summed E-state index contributed by atoms with van der Waals surface area (Å²) in [5.41, 5.74) is 3.31. The highest BCUT2D eigenvalue weighted by Crippen LogP contribution is 2.26. The molecule has 0 N–H and O–H groups in total. The lowest BCUT2D eigenvalue weighted by Gasteiger charge is -2.28. The van der Waals surface area contributed by atoms with Crippen LogP contribution < -0.4 is 0 Å². The van der Waals surface area contributed by atoms with Crippen LogP contribution >= 0.6 is 0 Å². The first-order valence-corrected chi connectivity index (χ1v) is 37.5. The first-order valence-electron chi connectivity index (χ1n) is 37.5. The average Bonchev–Trinajstić information content (AvgIpc) is 0.839. The maximum Gasteiger partial charge on any atom is 0.330 e. The lowest BCUT2D eigenvalue weighted by atomic mass is 9.86. The van der Waals surface area contributed by atoms with Gasteiger partial charge in [0.05, 0.1) is 18.9 Å². The van der Waals surface area contributed by atoms with E-state index in [2.05, 4.69) is 174 Å². The predicted octanol–water partition coefficient (Wildman–Crippen LogP) is 21.0. The monoisotopic (exact) mass is 1510 g/mol. The van der Waals surface area contributed by atoms with Crippen LogP contribution in [0.2, 0.25) is 0 Å². The second-order valence-corrected chi connectivity index (χ2v) is 35.9. The van der Waals surface area contributed by atoms with Crippen LogP contribution in [0.5, 0.6) is 0 Å². The van der Waals surface area contributed by atoms with Crippen molar-refractivity contribution < 1.29 is 57.3 Å². The number of rotatable bonds is 25. The Labute approximate surface area is 661 Å². The number of hydrogen-bond acceptors (Lipinski definition) is 13. The highest BCUT2D eigenvalue weighted by molar-refractivity contribution is 5.88. The number of carbonyl (C=O) groups excluding carboxylic acids is 8. The maximum absolute atomic E-state index is 11.4. The molecule has 1 rings (SSSR count). The molecule has 0 aromatic carbocycles. The minimum absolute atomic E-state index is 0.00132. The topological polar surface area (TPSA) is 199 Å². The standard InChI is InChI=1S/C12H21NO.C11H21NO.C11H19NO.C11H15N.C10H19NO.C10H18O2.2C9H16O2.C8H14O2/c1-6-9-13(11(14)7-2)10-8-12(3,4)5;1-6-10(13)12(7-2)9-8-11(3,4)5;1-6-8-12(10(13)7-2)9-11(3,4)5;1-5-10-9(11(2,3)4)7-6-8-12-10;1-6-9(12)11(7-2)8-10(3,4)5;1-6-7-9(11)12-8(2)10(3,4)5;1-6-8(10)11-7(2)9(3,4)5;1-5-6-8(10)11-7-9(2,3)4;1-5-7(9)10-6-8(2,3)4/h6-7H,1-2,8-10H2,3-5H3;6H,1,7-9H2,2-5H3;6-7H,1-2,8-9H2,3-5H3;5-8H,1H2,2-4H3;6H,1,7-8H2,2-5H3;6-8H,1-5H3;6-7H,1H2,2-5H3;5-6H,7H2,1-4H3;5H,1,6H2,2-4H3/b;;;;;7-6+;;6-5+;. The summed E-state index contributed by atoms with van der Waals surface area (Å²) < 4.78 is 19.9. The van der Waals surface area contributed by atoms with Crippen LogP contribution in [0.25, 0.3) is 6.08 Å². The van der Waals surface area contributed by atoms with Gasteiger partial charge in [0.25, 0.3) is 0 Å². The zero-order valence-electron chi connectivity index (χ0n) is 74.9. The Morgan fingerprint density at radius 1 is 0.417 bits per heavy atom.